The van der Waals surface area contributed by atoms with Crippen molar-refractivity contribution in [2.75, 3.05) is 13.7 Å². The zero-order valence-corrected chi connectivity index (χ0v) is 12.2. The van der Waals surface area contributed by atoms with Gasteiger partial charge in [0.05, 0.1) is 13.7 Å². The molecule has 0 spiro atoms. The van der Waals surface area contributed by atoms with Crippen LogP contribution in [0.2, 0.25) is 0 Å². The van der Waals surface area contributed by atoms with Crippen molar-refractivity contribution < 1.29 is 28.9 Å². The van der Waals surface area contributed by atoms with E-state index in [1.165, 1.54) is 13.2 Å². The number of hydrogen-bond acceptors (Lipinski definition) is 5. The van der Waals surface area contributed by atoms with Crippen LogP contribution in [0.5, 0.6) is 11.5 Å². The lowest BCUT2D eigenvalue weighted by atomic mass is 10.2. The number of carboxylic acids is 1. The van der Waals surface area contributed by atoms with Gasteiger partial charge in [0.15, 0.2) is 17.6 Å². The Morgan fingerprint density at radius 1 is 1.33 bits per heavy atom. The Hall–Kier alpha value is -2.50. The summed E-state index contributed by atoms with van der Waals surface area (Å²) in [5.41, 5.74) is 0.644. The zero-order valence-electron chi connectivity index (χ0n) is 12.2. The van der Waals surface area contributed by atoms with Crippen molar-refractivity contribution in [2.45, 2.75) is 20.0 Å². The Morgan fingerprint density at radius 2 is 2.05 bits per heavy atom. The SMILES string of the molecule is CCOC(=O)C(C)Oc1ccc(C=CC(=O)O)cc1OC. The highest BCUT2D eigenvalue weighted by Crippen LogP contribution is 2.29. The molecule has 0 aliphatic rings. The second kappa shape index (κ2) is 7.94. The van der Waals surface area contributed by atoms with Crippen molar-refractivity contribution in [3.63, 3.8) is 0 Å². The van der Waals surface area contributed by atoms with Crippen LogP contribution in [-0.2, 0) is 14.3 Å². The lowest BCUT2D eigenvalue weighted by Crippen LogP contribution is -2.26. The molecule has 1 aromatic carbocycles. The number of methoxy groups -OCH3 is 1. The van der Waals surface area contributed by atoms with Gasteiger partial charge in [-0.15, -0.1) is 0 Å². The molecule has 1 aromatic rings. The molecule has 1 N–H and O–H groups in total. The van der Waals surface area contributed by atoms with Gasteiger partial charge in [-0.2, -0.15) is 0 Å². The van der Waals surface area contributed by atoms with Crippen LogP contribution in [0.4, 0.5) is 0 Å². The fourth-order valence-corrected chi connectivity index (χ4v) is 1.55. The topological polar surface area (TPSA) is 82.1 Å². The second-order valence-electron chi connectivity index (χ2n) is 4.09. The summed E-state index contributed by atoms with van der Waals surface area (Å²) in [4.78, 5) is 22.0. The summed E-state index contributed by atoms with van der Waals surface area (Å²) >= 11 is 0. The van der Waals surface area contributed by atoms with E-state index < -0.39 is 18.0 Å². The molecule has 0 bridgehead atoms. The Balaban J connectivity index is 2.88. The van der Waals surface area contributed by atoms with Crippen LogP contribution < -0.4 is 9.47 Å². The maximum absolute atomic E-state index is 11.5. The molecule has 1 atom stereocenters. The van der Waals surface area contributed by atoms with E-state index in [9.17, 15) is 9.59 Å². The minimum Gasteiger partial charge on any atom is -0.493 e. The van der Waals surface area contributed by atoms with Crippen molar-refractivity contribution in [1.82, 2.24) is 0 Å². The summed E-state index contributed by atoms with van der Waals surface area (Å²) in [6.07, 6.45) is 1.69. The molecule has 0 aromatic heterocycles. The van der Waals surface area contributed by atoms with Gasteiger partial charge in [-0.25, -0.2) is 9.59 Å². The number of carbonyl (C=O) groups is 2. The van der Waals surface area contributed by atoms with Crippen molar-refractivity contribution in [3.8, 4) is 11.5 Å². The molecule has 0 aliphatic heterocycles. The molecule has 114 valence electrons. The Labute approximate surface area is 122 Å². The first-order valence-electron chi connectivity index (χ1n) is 6.40. The Bertz CT molecular complexity index is 535. The number of benzene rings is 1. The predicted octanol–water partition coefficient (Wildman–Crippen LogP) is 2.12. The first-order chi connectivity index (χ1) is 9.97. The first-order valence-corrected chi connectivity index (χ1v) is 6.40. The summed E-state index contributed by atoms with van der Waals surface area (Å²) in [7, 11) is 1.46. The number of aliphatic carboxylic acids is 1. The summed E-state index contributed by atoms with van der Waals surface area (Å²) < 4.78 is 15.5. The van der Waals surface area contributed by atoms with Crippen molar-refractivity contribution in [3.05, 3.63) is 29.8 Å². The minimum absolute atomic E-state index is 0.280. The normalized spacial score (nSPS) is 12.0. The largest absolute Gasteiger partial charge is 0.493 e. The number of carboxylic acid groups (broad SMARTS) is 1. The number of carbonyl (C=O) groups excluding carboxylic acids is 1. The van der Waals surface area contributed by atoms with Gasteiger partial charge < -0.3 is 19.3 Å². The maximum atomic E-state index is 11.5. The third-order valence-electron chi connectivity index (χ3n) is 2.53. The average Bonchev–Trinajstić information content (AvgIpc) is 2.46. The molecule has 6 nitrogen and oxygen atoms in total. The van der Waals surface area contributed by atoms with Crippen LogP contribution in [0.15, 0.2) is 24.3 Å². The quantitative estimate of drug-likeness (QED) is 0.612. The van der Waals surface area contributed by atoms with Crippen LogP contribution in [0.25, 0.3) is 6.08 Å². The van der Waals surface area contributed by atoms with E-state index in [1.807, 2.05) is 0 Å². The summed E-state index contributed by atoms with van der Waals surface area (Å²) in [6, 6.07) is 4.89. The lowest BCUT2D eigenvalue weighted by molar-refractivity contribution is -0.150. The number of ether oxygens (including phenoxy) is 3. The number of hydrogen-bond donors (Lipinski definition) is 1. The molecule has 0 radical (unpaired) electrons. The third-order valence-corrected chi connectivity index (χ3v) is 2.53. The predicted molar refractivity (Wildman–Crippen MR) is 76.4 cm³/mol. The molecule has 1 rings (SSSR count). The molecule has 0 heterocycles. The Kier molecular flexibility index (Phi) is 6.26. The van der Waals surface area contributed by atoms with Crippen LogP contribution in [0, 0.1) is 0 Å². The molecule has 0 saturated carbocycles. The summed E-state index contributed by atoms with van der Waals surface area (Å²) in [5, 5.41) is 8.59. The highest BCUT2D eigenvalue weighted by molar-refractivity contribution is 5.85. The van der Waals surface area contributed by atoms with Crippen LogP contribution >= 0.6 is 0 Å². The van der Waals surface area contributed by atoms with Gasteiger partial charge in [-0.1, -0.05) is 6.07 Å². The molecule has 0 fully saturated rings. The first kappa shape index (κ1) is 16.6. The van der Waals surface area contributed by atoms with Crippen molar-refractivity contribution in [2.24, 2.45) is 0 Å². The number of rotatable bonds is 7. The second-order valence-corrected chi connectivity index (χ2v) is 4.09. The number of esters is 1. The standard InChI is InChI=1S/C15H18O6/c1-4-20-15(18)10(2)21-12-7-5-11(6-8-14(16)17)9-13(12)19-3/h5-10H,4H2,1-3H3,(H,16,17). The molecule has 0 aliphatic carbocycles. The van der Waals surface area contributed by atoms with E-state index in [2.05, 4.69) is 0 Å². The minimum atomic E-state index is -1.04. The molecule has 6 heteroatoms. The van der Waals surface area contributed by atoms with Crippen LogP contribution in [-0.4, -0.2) is 36.9 Å². The highest BCUT2D eigenvalue weighted by Gasteiger charge is 2.17. The van der Waals surface area contributed by atoms with Gasteiger partial charge in [-0.05, 0) is 37.6 Å². The third kappa shape index (κ3) is 5.18. The van der Waals surface area contributed by atoms with E-state index in [1.54, 1.807) is 32.0 Å². The lowest BCUT2D eigenvalue weighted by Gasteiger charge is -2.16. The summed E-state index contributed by atoms with van der Waals surface area (Å²) in [5.74, 6) is -0.719. The molecule has 0 amide bonds. The van der Waals surface area contributed by atoms with E-state index in [0.717, 1.165) is 6.08 Å². The fourth-order valence-electron chi connectivity index (χ4n) is 1.55. The van der Waals surface area contributed by atoms with Gasteiger partial charge in [0.2, 0.25) is 0 Å². The smallest absolute Gasteiger partial charge is 0.347 e. The molecule has 0 saturated heterocycles. The Morgan fingerprint density at radius 3 is 2.62 bits per heavy atom. The summed E-state index contributed by atoms with van der Waals surface area (Å²) in [6.45, 7) is 3.58. The van der Waals surface area contributed by atoms with Gasteiger partial charge in [0.1, 0.15) is 0 Å². The van der Waals surface area contributed by atoms with Gasteiger partial charge in [0, 0.05) is 6.08 Å². The van der Waals surface area contributed by atoms with E-state index in [4.69, 9.17) is 19.3 Å². The zero-order chi connectivity index (χ0) is 15.8. The van der Waals surface area contributed by atoms with Crippen LogP contribution in [0.3, 0.4) is 0 Å². The molecule has 1 unspecified atom stereocenters. The average molecular weight is 294 g/mol. The molecular weight excluding hydrogens is 276 g/mol. The monoisotopic (exact) mass is 294 g/mol. The highest BCUT2D eigenvalue weighted by atomic mass is 16.6. The maximum Gasteiger partial charge on any atom is 0.347 e. The van der Waals surface area contributed by atoms with E-state index in [-0.39, 0.29) is 6.61 Å². The van der Waals surface area contributed by atoms with Gasteiger partial charge >= 0.3 is 11.9 Å². The van der Waals surface area contributed by atoms with Gasteiger partial charge in [-0.3, -0.25) is 0 Å². The molecule has 21 heavy (non-hydrogen) atoms. The van der Waals surface area contributed by atoms with Gasteiger partial charge in [0.25, 0.3) is 0 Å². The van der Waals surface area contributed by atoms with Crippen molar-refractivity contribution in [1.29, 1.82) is 0 Å². The fraction of sp³-hybridized carbons (Fsp3) is 0.333. The van der Waals surface area contributed by atoms with E-state index in [0.29, 0.717) is 17.1 Å². The van der Waals surface area contributed by atoms with Crippen LogP contribution in [0.1, 0.15) is 19.4 Å². The molecular formula is C15H18O6. The van der Waals surface area contributed by atoms with Crippen molar-refractivity contribution >= 4 is 18.0 Å². The van der Waals surface area contributed by atoms with E-state index >= 15 is 0 Å².